The van der Waals surface area contributed by atoms with Crippen molar-refractivity contribution >= 4 is 40.3 Å². The van der Waals surface area contributed by atoms with Crippen LogP contribution in [-0.2, 0) is 0 Å². The SMILES string of the molecule is OC1=CCC(O)(Nc2ccc(NC3CCCNC3)nc2)C=C1c1cc(Cl)c(O)c(Cl)c1. The van der Waals surface area contributed by atoms with Gasteiger partial charge in [0.15, 0.2) is 11.5 Å². The number of nitrogens with one attached hydrogen (secondary N) is 3. The Morgan fingerprint density at radius 3 is 2.58 bits per heavy atom. The van der Waals surface area contributed by atoms with E-state index in [1.165, 1.54) is 24.3 Å². The van der Waals surface area contributed by atoms with E-state index in [0.717, 1.165) is 31.7 Å². The van der Waals surface area contributed by atoms with Crippen molar-refractivity contribution < 1.29 is 15.3 Å². The lowest BCUT2D eigenvalue weighted by Crippen LogP contribution is -2.38. The Morgan fingerprint density at radius 1 is 1.16 bits per heavy atom. The maximum absolute atomic E-state index is 11.1. The zero-order chi connectivity index (χ0) is 22.0. The average Bonchev–Trinajstić information content (AvgIpc) is 2.76. The molecule has 9 heteroatoms. The molecule has 7 nitrogen and oxygen atoms in total. The van der Waals surface area contributed by atoms with Gasteiger partial charge >= 0.3 is 0 Å². The molecule has 1 fully saturated rings. The van der Waals surface area contributed by atoms with E-state index < -0.39 is 5.72 Å². The summed E-state index contributed by atoms with van der Waals surface area (Å²) in [6, 6.07) is 7.01. The highest BCUT2D eigenvalue weighted by molar-refractivity contribution is 6.37. The van der Waals surface area contributed by atoms with E-state index in [-0.39, 0.29) is 28.0 Å². The third kappa shape index (κ3) is 5.07. The Balaban J connectivity index is 1.51. The van der Waals surface area contributed by atoms with Crippen molar-refractivity contribution in [3.8, 4) is 5.75 Å². The fourth-order valence-corrected chi connectivity index (χ4v) is 4.25. The van der Waals surface area contributed by atoms with Crippen LogP contribution in [0.2, 0.25) is 10.0 Å². The zero-order valence-corrected chi connectivity index (χ0v) is 18.2. The highest BCUT2D eigenvalue weighted by Gasteiger charge is 2.30. The van der Waals surface area contributed by atoms with E-state index >= 15 is 0 Å². The smallest absolute Gasteiger partial charge is 0.159 e. The van der Waals surface area contributed by atoms with Crippen molar-refractivity contribution in [1.29, 1.82) is 0 Å². The number of phenolic OH excluding ortho intramolecular Hbond substituents is 1. The maximum Gasteiger partial charge on any atom is 0.159 e. The van der Waals surface area contributed by atoms with Gasteiger partial charge in [-0.15, -0.1) is 0 Å². The molecule has 1 aliphatic heterocycles. The number of piperidine rings is 1. The largest absolute Gasteiger partial charge is 0.508 e. The first-order valence-corrected chi connectivity index (χ1v) is 10.8. The number of pyridine rings is 1. The van der Waals surface area contributed by atoms with Crippen LogP contribution >= 0.6 is 23.2 Å². The Morgan fingerprint density at radius 2 is 1.94 bits per heavy atom. The molecule has 2 unspecified atom stereocenters. The number of hydrogen-bond donors (Lipinski definition) is 6. The van der Waals surface area contributed by atoms with Crippen LogP contribution in [0.1, 0.15) is 24.8 Å². The lowest BCUT2D eigenvalue weighted by atomic mass is 9.92. The minimum atomic E-state index is -1.46. The number of aliphatic hydroxyl groups excluding tert-OH is 1. The summed E-state index contributed by atoms with van der Waals surface area (Å²) in [6.07, 6.45) is 7.05. The van der Waals surface area contributed by atoms with Gasteiger partial charge in [0, 0.05) is 24.6 Å². The van der Waals surface area contributed by atoms with E-state index in [4.69, 9.17) is 23.2 Å². The van der Waals surface area contributed by atoms with Gasteiger partial charge in [0.1, 0.15) is 11.6 Å². The first-order chi connectivity index (χ1) is 14.8. The van der Waals surface area contributed by atoms with Crippen molar-refractivity contribution in [3.63, 3.8) is 0 Å². The molecule has 2 aromatic rings. The van der Waals surface area contributed by atoms with Crippen LogP contribution in [0.5, 0.6) is 5.75 Å². The van der Waals surface area contributed by atoms with E-state index in [1.54, 1.807) is 6.20 Å². The van der Waals surface area contributed by atoms with Crippen molar-refractivity contribution in [2.24, 2.45) is 0 Å². The topological polar surface area (TPSA) is 110 Å². The molecule has 0 radical (unpaired) electrons. The van der Waals surface area contributed by atoms with Crippen molar-refractivity contribution in [2.45, 2.75) is 31.0 Å². The number of allylic oxidation sites excluding steroid dienone is 1. The second-order valence-corrected chi connectivity index (χ2v) is 8.62. The molecule has 1 saturated heterocycles. The molecule has 31 heavy (non-hydrogen) atoms. The van der Waals surface area contributed by atoms with Crippen LogP contribution in [0, 0.1) is 0 Å². The number of anilines is 2. The maximum atomic E-state index is 11.1. The first kappa shape index (κ1) is 21.8. The second kappa shape index (κ2) is 8.96. The van der Waals surface area contributed by atoms with Crippen LogP contribution in [0.4, 0.5) is 11.5 Å². The zero-order valence-electron chi connectivity index (χ0n) is 16.7. The van der Waals surface area contributed by atoms with E-state index in [9.17, 15) is 15.3 Å². The van der Waals surface area contributed by atoms with Gasteiger partial charge in [0.2, 0.25) is 0 Å². The van der Waals surface area contributed by atoms with Crippen molar-refractivity contribution in [3.05, 3.63) is 64.0 Å². The Bertz CT molecular complexity index is 997. The highest BCUT2D eigenvalue weighted by Crippen LogP contribution is 2.39. The molecule has 4 rings (SSSR count). The average molecular weight is 463 g/mol. The van der Waals surface area contributed by atoms with Gasteiger partial charge in [-0.25, -0.2) is 4.98 Å². The molecule has 0 amide bonds. The molecule has 0 saturated carbocycles. The van der Waals surface area contributed by atoms with Crippen LogP contribution in [0.15, 0.2) is 48.4 Å². The number of benzene rings is 1. The Labute approximate surface area is 190 Å². The molecule has 2 heterocycles. The first-order valence-electron chi connectivity index (χ1n) is 10.1. The fourth-order valence-electron chi connectivity index (χ4n) is 3.76. The summed E-state index contributed by atoms with van der Waals surface area (Å²) in [4.78, 5) is 4.43. The van der Waals surface area contributed by atoms with E-state index in [2.05, 4.69) is 20.9 Å². The molecule has 2 atom stereocenters. The molecular formula is C22H24Cl2N4O3. The van der Waals surface area contributed by atoms with Crippen molar-refractivity contribution in [1.82, 2.24) is 10.3 Å². The number of hydrogen-bond acceptors (Lipinski definition) is 7. The monoisotopic (exact) mass is 462 g/mol. The number of rotatable bonds is 5. The van der Waals surface area contributed by atoms with Crippen LogP contribution in [-0.4, -0.2) is 45.2 Å². The lowest BCUT2D eigenvalue weighted by molar-refractivity contribution is 0.122. The summed E-state index contributed by atoms with van der Waals surface area (Å²) in [5.41, 5.74) is -0.00852. The minimum absolute atomic E-state index is 0.0111. The number of aromatic hydroxyl groups is 1. The minimum Gasteiger partial charge on any atom is -0.508 e. The van der Waals surface area contributed by atoms with Gasteiger partial charge in [0.05, 0.1) is 21.9 Å². The lowest BCUT2D eigenvalue weighted by Gasteiger charge is -2.30. The van der Waals surface area contributed by atoms with Gasteiger partial charge < -0.3 is 31.3 Å². The third-order valence-electron chi connectivity index (χ3n) is 5.37. The van der Waals surface area contributed by atoms with Gasteiger partial charge in [-0.3, -0.25) is 0 Å². The molecular weight excluding hydrogens is 439 g/mol. The summed E-state index contributed by atoms with van der Waals surface area (Å²) in [5, 5.41) is 41.1. The Hall–Kier alpha value is -2.45. The third-order valence-corrected chi connectivity index (χ3v) is 5.94. The summed E-state index contributed by atoms with van der Waals surface area (Å²) in [6.45, 7) is 1.96. The summed E-state index contributed by atoms with van der Waals surface area (Å²) < 4.78 is 0. The molecule has 0 spiro atoms. The molecule has 164 valence electrons. The summed E-state index contributed by atoms with van der Waals surface area (Å²) in [5.74, 6) is 0.532. The summed E-state index contributed by atoms with van der Waals surface area (Å²) >= 11 is 12.0. The molecule has 1 aromatic heterocycles. The number of phenols is 1. The number of nitrogens with zero attached hydrogens (tertiary/aromatic N) is 1. The molecule has 0 bridgehead atoms. The standard InChI is InChI=1S/C22H24Cl2N4O3/c23-17-8-13(9-18(24)21(17)30)16-10-22(31,6-5-19(16)29)28-15-3-4-20(26-12-15)27-14-2-1-7-25-11-14/h3-5,8-10,12,14,25,28-31H,1-2,6-7,11H2,(H,26,27). The molecule has 1 aliphatic carbocycles. The molecule has 2 aliphatic rings. The van der Waals surface area contributed by atoms with E-state index in [1.807, 2.05) is 12.1 Å². The van der Waals surface area contributed by atoms with Gasteiger partial charge in [0.25, 0.3) is 0 Å². The van der Waals surface area contributed by atoms with Crippen LogP contribution < -0.4 is 16.0 Å². The van der Waals surface area contributed by atoms with Gasteiger partial charge in [-0.2, -0.15) is 0 Å². The molecule has 1 aromatic carbocycles. The van der Waals surface area contributed by atoms with E-state index in [0.29, 0.717) is 22.9 Å². The second-order valence-electron chi connectivity index (χ2n) is 7.81. The molecule has 6 N–H and O–H groups in total. The number of aromatic nitrogens is 1. The fraction of sp³-hybridized carbons (Fsp3) is 0.318. The van der Waals surface area contributed by atoms with Crippen LogP contribution in [0.3, 0.4) is 0 Å². The predicted molar refractivity (Wildman–Crippen MR) is 124 cm³/mol. The summed E-state index contributed by atoms with van der Waals surface area (Å²) in [7, 11) is 0. The normalized spacial score (nSPS) is 23.6. The van der Waals surface area contributed by atoms with Crippen molar-refractivity contribution in [2.75, 3.05) is 23.7 Å². The van der Waals surface area contributed by atoms with Gasteiger partial charge in [-0.1, -0.05) is 23.2 Å². The highest BCUT2D eigenvalue weighted by atomic mass is 35.5. The quantitative estimate of drug-likeness (QED) is 0.367. The van der Waals surface area contributed by atoms with Gasteiger partial charge in [-0.05, 0) is 61.4 Å². The predicted octanol–water partition coefficient (Wildman–Crippen LogP) is 4.29. The van der Waals surface area contributed by atoms with Crippen LogP contribution in [0.25, 0.3) is 5.57 Å². The number of aliphatic hydroxyl groups is 2. The number of halogens is 2. The Kier molecular flexibility index (Phi) is 6.29.